The summed E-state index contributed by atoms with van der Waals surface area (Å²) < 4.78 is 15.4. The van der Waals surface area contributed by atoms with Gasteiger partial charge in [0.15, 0.2) is 0 Å². The van der Waals surface area contributed by atoms with Crippen molar-refractivity contribution in [2.45, 2.75) is 6.54 Å². The maximum atomic E-state index is 12.9. The van der Waals surface area contributed by atoms with E-state index in [2.05, 4.69) is 27.6 Å². The summed E-state index contributed by atoms with van der Waals surface area (Å²) in [5, 5.41) is 0.599. The smallest absolute Gasteiger partial charge is 0.261 e. The Kier molecular flexibility index (Phi) is 3.52. The van der Waals surface area contributed by atoms with Crippen molar-refractivity contribution >= 4 is 33.5 Å². The van der Waals surface area contributed by atoms with Crippen LogP contribution in [-0.4, -0.2) is 9.55 Å². The highest BCUT2D eigenvalue weighted by Crippen LogP contribution is 2.12. The van der Waals surface area contributed by atoms with Gasteiger partial charge in [-0.25, -0.2) is 9.37 Å². The Morgan fingerprint density at radius 1 is 1.15 bits per heavy atom. The van der Waals surface area contributed by atoms with Crippen molar-refractivity contribution in [2.24, 2.45) is 0 Å². The fraction of sp³-hybridized carbons (Fsp3) is 0.0667. The van der Waals surface area contributed by atoms with E-state index < -0.39 is 0 Å². The fourth-order valence-electron chi connectivity index (χ4n) is 2.03. The van der Waals surface area contributed by atoms with Gasteiger partial charge in [-0.1, -0.05) is 12.1 Å². The van der Waals surface area contributed by atoms with Crippen LogP contribution in [0.3, 0.4) is 0 Å². The number of aromatic nitrogens is 2. The third kappa shape index (κ3) is 2.58. The first-order chi connectivity index (χ1) is 9.63. The summed E-state index contributed by atoms with van der Waals surface area (Å²) in [6.07, 6.45) is 1.53. The van der Waals surface area contributed by atoms with Crippen LogP contribution in [0.4, 0.5) is 4.39 Å². The summed E-state index contributed by atoms with van der Waals surface area (Å²) in [6, 6.07) is 11.7. The van der Waals surface area contributed by atoms with E-state index in [0.29, 0.717) is 17.4 Å². The molecule has 1 heterocycles. The molecular weight excluding hydrogens is 370 g/mol. The molecule has 0 aliphatic heterocycles. The first-order valence-electron chi connectivity index (χ1n) is 6.02. The molecule has 2 aromatic carbocycles. The third-order valence-electron chi connectivity index (χ3n) is 3.05. The molecule has 3 rings (SSSR count). The predicted molar refractivity (Wildman–Crippen MR) is 84.2 cm³/mol. The molecule has 0 N–H and O–H groups in total. The van der Waals surface area contributed by atoms with Gasteiger partial charge in [0.25, 0.3) is 5.56 Å². The van der Waals surface area contributed by atoms with E-state index >= 15 is 0 Å². The van der Waals surface area contributed by atoms with Crippen LogP contribution in [0.5, 0.6) is 0 Å². The van der Waals surface area contributed by atoms with Gasteiger partial charge in [-0.3, -0.25) is 9.36 Å². The summed E-state index contributed by atoms with van der Waals surface area (Å²) in [4.78, 5) is 16.7. The highest BCUT2D eigenvalue weighted by Gasteiger charge is 2.05. The molecule has 3 nitrogen and oxygen atoms in total. The quantitative estimate of drug-likeness (QED) is 0.641. The number of rotatable bonds is 2. The molecule has 0 atom stereocenters. The lowest BCUT2D eigenvalue weighted by Crippen LogP contribution is -2.21. The van der Waals surface area contributed by atoms with Crippen LogP contribution in [0, 0.1) is 9.39 Å². The van der Waals surface area contributed by atoms with Crippen LogP contribution in [0.2, 0.25) is 0 Å². The zero-order valence-corrected chi connectivity index (χ0v) is 12.5. The van der Waals surface area contributed by atoms with E-state index in [9.17, 15) is 9.18 Å². The maximum Gasteiger partial charge on any atom is 0.261 e. The van der Waals surface area contributed by atoms with Crippen molar-refractivity contribution in [2.75, 3.05) is 0 Å². The van der Waals surface area contributed by atoms with Crippen molar-refractivity contribution in [3.8, 4) is 0 Å². The molecule has 0 fully saturated rings. The molecular formula is C15H10FIN2O. The minimum absolute atomic E-state index is 0.0853. The second-order valence-electron chi connectivity index (χ2n) is 4.47. The largest absolute Gasteiger partial charge is 0.294 e. The molecule has 1 aromatic heterocycles. The molecule has 0 saturated heterocycles. The van der Waals surface area contributed by atoms with Crippen molar-refractivity contribution in [1.82, 2.24) is 9.55 Å². The lowest BCUT2D eigenvalue weighted by Gasteiger charge is -2.07. The Bertz CT molecular complexity index is 827. The number of nitrogens with zero attached hydrogens (tertiary/aromatic N) is 2. The lowest BCUT2D eigenvalue weighted by molar-refractivity contribution is 0.626. The van der Waals surface area contributed by atoms with E-state index in [4.69, 9.17) is 0 Å². The van der Waals surface area contributed by atoms with Gasteiger partial charge in [-0.05, 0) is 58.5 Å². The number of hydrogen-bond donors (Lipinski definition) is 0. The van der Waals surface area contributed by atoms with Gasteiger partial charge in [-0.15, -0.1) is 0 Å². The maximum absolute atomic E-state index is 12.9. The summed E-state index contributed by atoms with van der Waals surface area (Å²) in [5.41, 5.74) is 1.46. The number of hydrogen-bond acceptors (Lipinski definition) is 2. The van der Waals surface area contributed by atoms with E-state index in [-0.39, 0.29) is 11.4 Å². The van der Waals surface area contributed by atoms with Gasteiger partial charge in [0.05, 0.1) is 23.8 Å². The average Bonchev–Trinajstić information content (AvgIpc) is 2.45. The molecule has 0 spiro atoms. The summed E-state index contributed by atoms with van der Waals surface area (Å²) in [5.74, 6) is -0.285. The highest BCUT2D eigenvalue weighted by molar-refractivity contribution is 14.1. The topological polar surface area (TPSA) is 34.9 Å². The Balaban J connectivity index is 2.06. The zero-order chi connectivity index (χ0) is 14.1. The molecule has 100 valence electrons. The molecule has 0 amide bonds. The Morgan fingerprint density at radius 3 is 2.65 bits per heavy atom. The first kappa shape index (κ1) is 13.2. The Labute approximate surface area is 128 Å². The number of halogens is 2. The number of fused-ring (bicyclic) bond motifs is 1. The second-order valence-corrected chi connectivity index (χ2v) is 5.71. The first-order valence-corrected chi connectivity index (χ1v) is 7.10. The molecule has 0 bridgehead atoms. The minimum Gasteiger partial charge on any atom is -0.294 e. The summed E-state index contributed by atoms with van der Waals surface area (Å²) in [7, 11) is 0. The molecule has 0 aliphatic rings. The summed E-state index contributed by atoms with van der Waals surface area (Å²) >= 11 is 2.17. The van der Waals surface area contributed by atoms with Gasteiger partial charge in [0.2, 0.25) is 0 Å². The SMILES string of the molecule is O=c1c2cc(I)ccc2ncn1Cc1ccc(F)cc1. The van der Waals surface area contributed by atoms with Crippen molar-refractivity contribution < 1.29 is 4.39 Å². The average molecular weight is 380 g/mol. The molecule has 5 heteroatoms. The van der Waals surface area contributed by atoms with Crippen molar-refractivity contribution in [1.29, 1.82) is 0 Å². The Hall–Kier alpha value is -1.76. The highest BCUT2D eigenvalue weighted by atomic mass is 127. The monoisotopic (exact) mass is 380 g/mol. The Morgan fingerprint density at radius 2 is 1.90 bits per heavy atom. The minimum atomic E-state index is -0.285. The van der Waals surface area contributed by atoms with Crippen LogP contribution >= 0.6 is 22.6 Å². The molecule has 3 aromatic rings. The summed E-state index contributed by atoms with van der Waals surface area (Å²) in [6.45, 7) is 0.382. The van der Waals surface area contributed by atoms with E-state index in [1.165, 1.54) is 23.0 Å². The van der Waals surface area contributed by atoms with E-state index in [1.54, 1.807) is 12.1 Å². The van der Waals surface area contributed by atoms with Gasteiger partial charge >= 0.3 is 0 Å². The van der Waals surface area contributed by atoms with Gasteiger partial charge in [0, 0.05) is 3.57 Å². The van der Waals surface area contributed by atoms with Crippen LogP contribution in [0.15, 0.2) is 53.6 Å². The van der Waals surface area contributed by atoms with Crippen LogP contribution in [0.1, 0.15) is 5.56 Å². The molecule has 0 radical (unpaired) electrons. The van der Waals surface area contributed by atoms with Gasteiger partial charge < -0.3 is 0 Å². The van der Waals surface area contributed by atoms with E-state index in [1.807, 2.05) is 18.2 Å². The van der Waals surface area contributed by atoms with Gasteiger partial charge in [-0.2, -0.15) is 0 Å². The van der Waals surface area contributed by atoms with Gasteiger partial charge in [0.1, 0.15) is 5.82 Å². The fourth-order valence-corrected chi connectivity index (χ4v) is 2.52. The molecule has 0 saturated carbocycles. The van der Waals surface area contributed by atoms with Crippen molar-refractivity contribution in [3.63, 3.8) is 0 Å². The van der Waals surface area contributed by atoms with Crippen molar-refractivity contribution in [3.05, 3.63) is 74.1 Å². The van der Waals surface area contributed by atoms with Crippen LogP contribution in [-0.2, 0) is 6.54 Å². The molecule has 20 heavy (non-hydrogen) atoms. The molecule has 0 aliphatic carbocycles. The second kappa shape index (κ2) is 5.32. The third-order valence-corrected chi connectivity index (χ3v) is 3.72. The lowest BCUT2D eigenvalue weighted by atomic mass is 10.2. The van der Waals surface area contributed by atoms with Crippen LogP contribution < -0.4 is 5.56 Å². The zero-order valence-electron chi connectivity index (χ0n) is 10.4. The number of benzene rings is 2. The van der Waals surface area contributed by atoms with E-state index in [0.717, 1.165) is 9.13 Å². The normalized spacial score (nSPS) is 10.9. The van der Waals surface area contributed by atoms with Crippen LogP contribution in [0.25, 0.3) is 10.9 Å². The predicted octanol–water partition coefficient (Wildman–Crippen LogP) is 3.19. The standard InChI is InChI=1S/C15H10FIN2O/c16-11-3-1-10(2-4-11)8-19-9-18-14-6-5-12(17)7-13(14)15(19)20/h1-7,9H,8H2. The molecule has 0 unspecified atom stereocenters.